The van der Waals surface area contributed by atoms with Crippen molar-refractivity contribution in [2.75, 3.05) is 0 Å². The number of hydrogen-bond acceptors (Lipinski definition) is 5. The second-order valence-electron chi connectivity index (χ2n) is 13.8. The summed E-state index contributed by atoms with van der Waals surface area (Å²) in [6.07, 6.45) is 8.00. The van der Waals surface area contributed by atoms with Crippen LogP contribution in [0.4, 0.5) is 0 Å². The van der Waals surface area contributed by atoms with Crippen molar-refractivity contribution in [1.29, 1.82) is 0 Å². The molecule has 0 saturated heterocycles. The van der Waals surface area contributed by atoms with Crippen molar-refractivity contribution >= 4 is 0 Å². The van der Waals surface area contributed by atoms with Crippen molar-refractivity contribution in [1.82, 2.24) is 0 Å². The average molecular weight is 643 g/mol. The molecule has 1 aliphatic carbocycles. The molecule has 0 spiro atoms. The quantitative estimate of drug-likeness (QED) is 0.110. The van der Waals surface area contributed by atoms with Crippen molar-refractivity contribution in [3.63, 3.8) is 0 Å². The third kappa shape index (κ3) is 7.31. The largest absolute Gasteiger partial charge is 0.508 e. The number of aryl methyl sites for hydroxylation is 2. The molecule has 5 N–H and O–H groups in total. The van der Waals surface area contributed by atoms with Gasteiger partial charge in [-0.25, -0.2) is 0 Å². The van der Waals surface area contributed by atoms with Gasteiger partial charge in [-0.3, -0.25) is 0 Å². The maximum absolute atomic E-state index is 11.9. The summed E-state index contributed by atoms with van der Waals surface area (Å²) < 4.78 is 0. The minimum Gasteiger partial charge on any atom is -0.508 e. The highest BCUT2D eigenvalue weighted by atomic mass is 16.3. The molecule has 0 amide bonds. The van der Waals surface area contributed by atoms with Gasteiger partial charge in [0, 0.05) is 24.8 Å². The minimum absolute atomic E-state index is 0.212. The molecule has 248 valence electrons. The Morgan fingerprint density at radius 2 is 0.938 bits per heavy atom. The fraction of sp³-hybridized carbons (Fsp3) is 0.302. The second-order valence-corrected chi connectivity index (χ2v) is 13.8. The lowest BCUT2D eigenvalue weighted by Crippen LogP contribution is -2.09. The van der Waals surface area contributed by atoms with Crippen LogP contribution in [0.5, 0.6) is 28.7 Å². The van der Waals surface area contributed by atoms with Crippen molar-refractivity contribution in [2.24, 2.45) is 0 Å². The summed E-state index contributed by atoms with van der Waals surface area (Å²) in [5.41, 5.74) is 11.6. The summed E-state index contributed by atoms with van der Waals surface area (Å²) >= 11 is 0. The molecule has 5 aromatic carbocycles. The molecule has 0 radical (unpaired) electrons. The van der Waals surface area contributed by atoms with E-state index in [0.29, 0.717) is 43.1 Å². The number of benzene rings is 5. The van der Waals surface area contributed by atoms with Crippen molar-refractivity contribution in [3.05, 3.63) is 146 Å². The molecule has 6 rings (SSSR count). The SMILES string of the molecule is Cc1cc(Cc2cc(C3CCCCC3)c(O)c(Cc3cc(C)c(O)c(Cc4ccc(O)cc4)c3)c2C)cc(Cc2ccc(O)cc2)c1O. The fourth-order valence-corrected chi connectivity index (χ4v) is 7.47. The van der Waals surface area contributed by atoms with E-state index in [-0.39, 0.29) is 17.2 Å². The first kappa shape index (κ1) is 33.0. The van der Waals surface area contributed by atoms with Crippen LogP contribution in [0.15, 0.2) is 78.9 Å². The zero-order valence-corrected chi connectivity index (χ0v) is 28.2. The third-order valence-corrected chi connectivity index (χ3v) is 10.2. The van der Waals surface area contributed by atoms with Gasteiger partial charge in [-0.2, -0.15) is 0 Å². The molecule has 0 aliphatic heterocycles. The zero-order chi connectivity index (χ0) is 33.9. The van der Waals surface area contributed by atoms with E-state index in [4.69, 9.17) is 0 Å². The molecular formula is C43H46O5. The molecule has 5 aromatic rings. The van der Waals surface area contributed by atoms with Crippen molar-refractivity contribution in [3.8, 4) is 28.7 Å². The molecule has 48 heavy (non-hydrogen) atoms. The van der Waals surface area contributed by atoms with E-state index < -0.39 is 0 Å². The van der Waals surface area contributed by atoms with Crippen LogP contribution >= 0.6 is 0 Å². The van der Waals surface area contributed by atoms with Crippen LogP contribution in [-0.4, -0.2) is 25.5 Å². The van der Waals surface area contributed by atoms with E-state index >= 15 is 0 Å². The number of phenolic OH excluding ortho intramolecular Hbond substituents is 5. The second kappa shape index (κ2) is 14.1. The van der Waals surface area contributed by atoms with Crippen LogP contribution in [0.25, 0.3) is 0 Å². The first-order valence-electron chi connectivity index (χ1n) is 17.1. The van der Waals surface area contributed by atoms with Crippen LogP contribution in [0.1, 0.15) is 105 Å². The Balaban J connectivity index is 1.37. The highest BCUT2D eigenvalue weighted by Gasteiger charge is 2.24. The lowest BCUT2D eigenvalue weighted by molar-refractivity contribution is 0.411. The molecule has 1 saturated carbocycles. The molecule has 5 nitrogen and oxygen atoms in total. The first-order valence-corrected chi connectivity index (χ1v) is 17.1. The van der Waals surface area contributed by atoms with Gasteiger partial charge in [-0.15, -0.1) is 0 Å². The molecule has 0 aromatic heterocycles. The third-order valence-electron chi connectivity index (χ3n) is 10.2. The molecular weight excluding hydrogens is 596 g/mol. The van der Waals surface area contributed by atoms with Crippen LogP contribution in [0.3, 0.4) is 0 Å². The van der Waals surface area contributed by atoms with Crippen molar-refractivity contribution in [2.45, 2.75) is 84.5 Å². The molecule has 0 unspecified atom stereocenters. The number of rotatable bonds is 9. The smallest absolute Gasteiger partial charge is 0.122 e. The van der Waals surface area contributed by atoms with E-state index in [0.717, 1.165) is 86.9 Å². The zero-order valence-electron chi connectivity index (χ0n) is 28.2. The van der Waals surface area contributed by atoms with Gasteiger partial charge in [0.15, 0.2) is 0 Å². The van der Waals surface area contributed by atoms with Gasteiger partial charge in [0.2, 0.25) is 0 Å². The van der Waals surface area contributed by atoms with E-state index in [2.05, 4.69) is 25.1 Å². The van der Waals surface area contributed by atoms with Gasteiger partial charge >= 0.3 is 0 Å². The summed E-state index contributed by atoms with van der Waals surface area (Å²) in [6, 6.07) is 24.6. The normalized spacial score (nSPS) is 13.6. The lowest BCUT2D eigenvalue weighted by Gasteiger charge is -2.26. The van der Waals surface area contributed by atoms with Gasteiger partial charge < -0.3 is 25.5 Å². The lowest BCUT2D eigenvalue weighted by atomic mass is 9.79. The van der Waals surface area contributed by atoms with Gasteiger partial charge in [-0.1, -0.05) is 73.9 Å². The van der Waals surface area contributed by atoms with Crippen LogP contribution < -0.4 is 0 Å². The van der Waals surface area contributed by atoms with E-state index in [1.165, 1.54) is 12.0 Å². The fourth-order valence-electron chi connectivity index (χ4n) is 7.47. The maximum atomic E-state index is 11.9. The summed E-state index contributed by atoms with van der Waals surface area (Å²) in [5.74, 6) is 1.71. The summed E-state index contributed by atoms with van der Waals surface area (Å²) in [7, 11) is 0. The molecule has 0 atom stereocenters. The predicted molar refractivity (Wildman–Crippen MR) is 192 cm³/mol. The monoisotopic (exact) mass is 642 g/mol. The Bertz CT molecular complexity index is 1920. The summed E-state index contributed by atoms with van der Waals surface area (Å²) in [4.78, 5) is 0. The van der Waals surface area contributed by atoms with E-state index in [1.807, 2.05) is 50.2 Å². The predicted octanol–water partition coefficient (Wildman–Crippen LogP) is 9.55. The first-order chi connectivity index (χ1) is 23.0. The molecule has 0 heterocycles. The Labute approximate surface area is 283 Å². The maximum Gasteiger partial charge on any atom is 0.122 e. The topological polar surface area (TPSA) is 101 Å². The number of phenols is 5. The summed E-state index contributed by atoms with van der Waals surface area (Å²) in [6.45, 7) is 5.95. The Morgan fingerprint density at radius 1 is 0.479 bits per heavy atom. The van der Waals surface area contributed by atoms with Gasteiger partial charge in [-0.05, 0) is 131 Å². The standard InChI is InChI=1S/C43H46O5/c1-26-17-31(22-35(41(26)46)19-29-9-13-37(44)14-10-29)21-34-25-40(33-7-5-4-6-8-33)43(48)39(28(34)3)24-32-18-27(2)42(47)36(23-32)20-30-11-15-38(45)16-12-30/h9-18,22-23,25,33,44-48H,4-8,19-21,24H2,1-3H3. The van der Waals surface area contributed by atoms with Crippen molar-refractivity contribution < 1.29 is 25.5 Å². The van der Waals surface area contributed by atoms with Gasteiger partial charge in [0.05, 0.1) is 0 Å². The molecule has 1 fully saturated rings. The molecule has 1 aliphatic rings. The summed E-state index contributed by atoms with van der Waals surface area (Å²) in [5, 5.41) is 53.3. The van der Waals surface area contributed by atoms with E-state index in [9.17, 15) is 25.5 Å². The highest BCUT2D eigenvalue weighted by Crippen LogP contribution is 2.42. The number of hydrogen-bond donors (Lipinski definition) is 5. The van der Waals surface area contributed by atoms with E-state index in [1.54, 1.807) is 24.3 Å². The molecule has 0 bridgehead atoms. The van der Waals surface area contributed by atoms with Crippen LogP contribution in [0, 0.1) is 20.8 Å². The van der Waals surface area contributed by atoms with Gasteiger partial charge in [0.25, 0.3) is 0 Å². The van der Waals surface area contributed by atoms with Crippen LogP contribution in [0.2, 0.25) is 0 Å². The Morgan fingerprint density at radius 3 is 1.44 bits per heavy atom. The Kier molecular flexibility index (Phi) is 9.68. The highest BCUT2D eigenvalue weighted by molar-refractivity contribution is 5.56. The number of aromatic hydroxyl groups is 5. The van der Waals surface area contributed by atoms with Gasteiger partial charge in [0.1, 0.15) is 28.7 Å². The molecule has 5 heteroatoms. The minimum atomic E-state index is 0.212. The average Bonchev–Trinajstić information content (AvgIpc) is 3.07. The van der Waals surface area contributed by atoms with Crippen LogP contribution in [-0.2, 0) is 25.7 Å². The Hall–Kier alpha value is -4.90.